The molecule has 2 aliphatic heterocycles. The van der Waals surface area contributed by atoms with Gasteiger partial charge in [0, 0.05) is 19.9 Å². The van der Waals surface area contributed by atoms with Crippen molar-refractivity contribution in [2.45, 2.75) is 25.5 Å². The van der Waals surface area contributed by atoms with Gasteiger partial charge in [-0.1, -0.05) is 30.3 Å². The first-order valence-electron chi connectivity index (χ1n) is 6.45. The van der Waals surface area contributed by atoms with E-state index >= 15 is 0 Å². The van der Waals surface area contributed by atoms with E-state index in [-0.39, 0.29) is 5.91 Å². The van der Waals surface area contributed by atoms with Gasteiger partial charge in [0.25, 0.3) is 5.91 Å². The monoisotopic (exact) mass is 274 g/mol. The number of carbonyl (C=O) groups is 3. The predicted octanol–water partition coefficient (Wildman–Crippen LogP) is 0.649. The Morgan fingerprint density at radius 2 is 1.95 bits per heavy atom. The predicted molar refractivity (Wildman–Crippen MR) is 67.9 cm³/mol. The van der Waals surface area contributed by atoms with Gasteiger partial charge in [0.05, 0.1) is 0 Å². The second kappa shape index (κ2) is 4.72. The Labute approximate surface area is 115 Å². The lowest BCUT2D eigenvalue weighted by atomic mass is 10.0. The summed E-state index contributed by atoms with van der Waals surface area (Å²) in [6, 6.07) is 8.87. The number of ether oxygens (including phenoxy) is 1. The van der Waals surface area contributed by atoms with Crippen molar-refractivity contribution in [3.63, 3.8) is 0 Å². The topological polar surface area (TPSA) is 66.9 Å². The number of amides is 2. The third-order valence-corrected chi connectivity index (χ3v) is 3.54. The van der Waals surface area contributed by atoms with Crippen LogP contribution in [0.5, 0.6) is 0 Å². The summed E-state index contributed by atoms with van der Waals surface area (Å²) in [7, 11) is 0. The quantitative estimate of drug-likeness (QED) is 0.585. The molecule has 2 aliphatic rings. The van der Waals surface area contributed by atoms with E-state index in [1.54, 1.807) is 5.01 Å². The first kappa shape index (κ1) is 12.8. The molecule has 104 valence electrons. The highest BCUT2D eigenvalue weighted by Crippen LogP contribution is 2.38. The van der Waals surface area contributed by atoms with E-state index in [0.29, 0.717) is 13.0 Å². The molecule has 0 saturated carbocycles. The average molecular weight is 274 g/mol. The lowest BCUT2D eigenvalue weighted by Gasteiger charge is -2.24. The van der Waals surface area contributed by atoms with Crippen LogP contribution in [0.3, 0.4) is 0 Å². The summed E-state index contributed by atoms with van der Waals surface area (Å²) in [6.07, 6.45) is -0.652. The zero-order chi connectivity index (χ0) is 14.3. The van der Waals surface area contributed by atoms with Crippen LogP contribution >= 0.6 is 0 Å². The van der Waals surface area contributed by atoms with E-state index in [2.05, 4.69) is 0 Å². The molecule has 1 aromatic carbocycles. The van der Waals surface area contributed by atoms with E-state index in [1.165, 1.54) is 6.92 Å². The summed E-state index contributed by atoms with van der Waals surface area (Å²) >= 11 is 0. The maximum atomic E-state index is 12.3. The first-order valence-corrected chi connectivity index (χ1v) is 6.45. The Bertz CT molecular complexity index is 572. The molecule has 1 aromatic rings. The van der Waals surface area contributed by atoms with Crippen molar-refractivity contribution in [3.8, 4) is 0 Å². The van der Waals surface area contributed by atoms with Gasteiger partial charge in [0.1, 0.15) is 6.04 Å². The molecule has 0 spiro atoms. The molecule has 3 rings (SSSR count). The fraction of sp³-hybridized carbons (Fsp3) is 0.357. The third-order valence-electron chi connectivity index (χ3n) is 3.54. The summed E-state index contributed by atoms with van der Waals surface area (Å²) in [5.74, 6) is -1.23. The molecular formula is C14H14N2O4. The molecule has 2 heterocycles. The van der Waals surface area contributed by atoms with Crippen LogP contribution < -0.4 is 0 Å². The fourth-order valence-corrected chi connectivity index (χ4v) is 2.77. The Morgan fingerprint density at radius 1 is 1.25 bits per heavy atom. The molecule has 0 N–H and O–H groups in total. The molecule has 20 heavy (non-hydrogen) atoms. The van der Waals surface area contributed by atoms with E-state index in [4.69, 9.17) is 4.74 Å². The Kier molecular flexibility index (Phi) is 3.02. The van der Waals surface area contributed by atoms with E-state index < -0.39 is 24.0 Å². The molecule has 0 aliphatic carbocycles. The van der Waals surface area contributed by atoms with Crippen molar-refractivity contribution in [1.82, 2.24) is 10.0 Å². The molecule has 2 amide bonds. The molecule has 0 unspecified atom stereocenters. The minimum atomic E-state index is -0.959. The number of rotatable bonds is 2. The molecule has 6 heteroatoms. The van der Waals surface area contributed by atoms with Crippen molar-refractivity contribution < 1.29 is 19.1 Å². The standard InChI is InChI=1S/C14H14N2O4/c1-9(17)20-13-12(10-5-3-2-4-6-10)15-8-7-11(18)16(15)14(13)19/h2-6,12-13H,7-8H2,1H3/t12-,13-/m1/s1. The van der Waals surface area contributed by atoms with Crippen LogP contribution in [0.2, 0.25) is 0 Å². The molecule has 0 aromatic heterocycles. The molecule has 6 nitrogen and oxygen atoms in total. The lowest BCUT2D eigenvalue weighted by molar-refractivity contribution is -0.158. The largest absolute Gasteiger partial charge is 0.450 e. The van der Waals surface area contributed by atoms with Gasteiger partial charge in [-0.05, 0) is 5.56 Å². The van der Waals surface area contributed by atoms with E-state index in [9.17, 15) is 14.4 Å². The smallest absolute Gasteiger partial charge is 0.303 e. The maximum Gasteiger partial charge on any atom is 0.303 e. The van der Waals surface area contributed by atoms with Crippen LogP contribution in [-0.2, 0) is 19.1 Å². The van der Waals surface area contributed by atoms with E-state index in [1.807, 2.05) is 30.3 Å². The highest BCUT2D eigenvalue weighted by atomic mass is 16.6. The first-order chi connectivity index (χ1) is 9.59. The van der Waals surface area contributed by atoms with Crippen LogP contribution in [0.15, 0.2) is 30.3 Å². The second-order valence-electron chi connectivity index (χ2n) is 4.84. The van der Waals surface area contributed by atoms with Gasteiger partial charge in [-0.2, -0.15) is 5.01 Å². The van der Waals surface area contributed by atoms with Crippen molar-refractivity contribution in [2.75, 3.05) is 6.54 Å². The van der Waals surface area contributed by atoms with Gasteiger partial charge in [0.2, 0.25) is 12.0 Å². The zero-order valence-electron chi connectivity index (χ0n) is 11.0. The Balaban J connectivity index is 2.01. The molecule has 0 bridgehead atoms. The van der Waals surface area contributed by atoms with Crippen molar-refractivity contribution in [2.24, 2.45) is 0 Å². The van der Waals surface area contributed by atoms with Gasteiger partial charge >= 0.3 is 5.97 Å². The number of carbonyl (C=O) groups excluding carboxylic acids is 3. The highest BCUT2D eigenvalue weighted by molar-refractivity contribution is 6.01. The second-order valence-corrected chi connectivity index (χ2v) is 4.84. The van der Waals surface area contributed by atoms with Crippen LogP contribution in [0.1, 0.15) is 24.9 Å². The molecular weight excluding hydrogens is 260 g/mol. The number of esters is 1. The molecule has 2 fully saturated rings. The number of imide groups is 1. The zero-order valence-corrected chi connectivity index (χ0v) is 11.0. The summed E-state index contributed by atoms with van der Waals surface area (Å²) in [4.78, 5) is 35.3. The Hall–Kier alpha value is -2.21. The maximum absolute atomic E-state index is 12.3. The molecule has 0 radical (unpaired) electrons. The van der Waals surface area contributed by atoms with Crippen LogP contribution in [0, 0.1) is 0 Å². The number of hydrogen-bond donors (Lipinski definition) is 0. The van der Waals surface area contributed by atoms with Crippen molar-refractivity contribution in [3.05, 3.63) is 35.9 Å². The highest BCUT2D eigenvalue weighted by Gasteiger charge is 2.54. The number of fused-ring (bicyclic) bond motifs is 1. The summed E-state index contributed by atoms with van der Waals surface area (Å²) in [5.41, 5.74) is 0.851. The van der Waals surface area contributed by atoms with E-state index in [0.717, 1.165) is 10.6 Å². The minimum Gasteiger partial charge on any atom is -0.450 e. The van der Waals surface area contributed by atoms with Gasteiger partial charge in [-0.25, -0.2) is 5.01 Å². The Morgan fingerprint density at radius 3 is 2.60 bits per heavy atom. The van der Waals surface area contributed by atoms with Gasteiger partial charge in [-0.3, -0.25) is 14.4 Å². The summed E-state index contributed by atoms with van der Waals surface area (Å²) < 4.78 is 5.15. The van der Waals surface area contributed by atoms with Gasteiger partial charge in [0.15, 0.2) is 0 Å². The third kappa shape index (κ3) is 1.89. The van der Waals surface area contributed by atoms with Crippen LogP contribution in [-0.4, -0.2) is 40.5 Å². The number of benzene rings is 1. The molecule has 2 saturated heterocycles. The summed E-state index contributed by atoms with van der Waals surface area (Å²) in [5, 5.41) is 2.80. The number of hydrazine groups is 1. The average Bonchev–Trinajstić information content (AvgIpc) is 2.91. The van der Waals surface area contributed by atoms with Crippen molar-refractivity contribution in [1.29, 1.82) is 0 Å². The minimum absolute atomic E-state index is 0.245. The lowest BCUT2D eigenvalue weighted by Crippen LogP contribution is -2.36. The van der Waals surface area contributed by atoms with Gasteiger partial charge < -0.3 is 4.74 Å². The summed E-state index contributed by atoms with van der Waals surface area (Å²) in [6.45, 7) is 1.72. The fourth-order valence-electron chi connectivity index (χ4n) is 2.77. The van der Waals surface area contributed by atoms with Crippen LogP contribution in [0.25, 0.3) is 0 Å². The van der Waals surface area contributed by atoms with Crippen molar-refractivity contribution >= 4 is 17.8 Å². The normalized spacial score (nSPS) is 25.9. The SMILES string of the molecule is CC(=O)O[C@H]1C(=O)N2C(=O)CCN2[C@@H]1c1ccccc1. The number of nitrogens with zero attached hydrogens (tertiary/aromatic N) is 2. The number of hydrogen-bond acceptors (Lipinski definition) is 5. The van der Waals surface area contributed by atoms with Gasteiger partial charge in [-0.15, -0.1) is 0 Å². The van der Waals surface area contributed by atoms with Crippen LogP contribution in [0.4, 0.5) is 0 Å². The molecule has 2 atom stereocenters.